The molecule has 0 spiro atoms. The van der Waals surface area contributed by atoms with E-state index in [9.17, 15) is 0 Å². The first kappa shape index (κ1) is 9.14. The lowest BCUT2D eigenvalue weighted by Gasteiger charge is -2.27. The van der Waals surface area contributed by atoms with Gasteiger partial charge in [0, 0.05) is 0 Å². The van der Waals surface area contributed by atoms with E-state index in [2.05, 4.69) is 44.7 Å². The normalized spacial score (nSPS) is 15.0. The van der Waals surface area contributed by atoms with E-state index in [4.69, 9.17) is 0 Å². The molecule has 1 heteroatoms. The number of hydrogen-bond acceptors (Lipinski definition) is 1. The molecule has 1 aromatic carbocycles. The Morgan fingerprint density at radius 1 is 1.23 bits per heavy atom. The Bertz CT molecular complexity index is 326. The molecule has 0 aromatic heterocycles. The summed E-state index contributed by atoms with van der Waals surface area (Å²) in [5.74, 6) is 0.909. The minimum Gasteiger partial charge on any atom is -0.178 e. The van der Waals surface area contributed by atoms with Crippen LogP contribution in [0.3, 0.4) is 0 Å². The highest BCUT2D eigenvalue weighted by Gasteiger charge is 2.21. The van der Waals surface area contributed by atoms with E-state index < -0.39 is 0 Å². The zero-order valence-corrected chi connectivity index (χ0v) is 9.20. The Hall–Kier alpha value is -0.430. The van der Waals surface area contributed by atoms with Crippen molar-refractivity contribution in [3.63, 3.8) is 0 Å². The Kier molecular flexibility index (Phi) is 2.15. The van der Waals surface area contributed by atoms with Gasteiger partial charge in [-0.1, -0.05) is 32.0 Å². The summed E-state index contributed by atoms with van der Waals surface area (Å²) in [6.45, 7) is 4.50. The van der Waals surface area contributed by atoms with Crippen LogP contribution in [0, 0.1) is 0 Å². The van der Waals surface area contributed by atoms with Crippen molar-refractivity contribution < 1.29 is 0 Å². The van der Waals surface area contributed by atoms with Gasteiger partial charge in [0.15, 0.2) is 0 Å². The van der Waals surface area contributed by atoms with Crippen molar-refractivity contribution in [2.45, 2.75) is 32.1 Å². The predicted octanol–water partition coefficient (Wildman–Crippen LogP) is 2.99. The van der Waals surface area contributed by atoms with E-state index in [0.29, 0.717) is 0 Å². The van der Waals surface area contributed by atoms with Gasteiger partial charge in [0.2, 0.25) is 0 Å². The number of rotatable bonds is 2. The van der Waals surface area contributed by atoms with Crippen LogP contribution in [-0.2, 0) is 18.3 Å². The van der Waals surface area contributed by atoms with Crippen molar-refractivity contribution in [3.05, 3.63) is 34.9 Å². The topological polar surface area (TPSA) is 0 Å². The third-order valence-electron chi connectivity index (χ3n) is 3.05. The lowest BCUT2D eigenvalue weighted by Crippen LogP contribution is -2.21. The number of fused-ring (bicyclic) bond motifs is 1. The lowest BCUT2D eigenvalue weighted by atomic mass is 9.80. The SMILES string of the molecule is CC(C)(CS)c1ccc2c(c1)CC2. The molecule has 0 aliphatic heterocycles. The fourth-order valence-corrected chi connectivity index (χ4v) is 1.89. The fourth-order valence-electron chi connectivity index (χ4n) is 1.71. The summed E-state index contributed by atoms with van der Waals surface area (Å²) in [5, 5.41) is 0. The van der Waals surface area contributed by atoms with Crippen LogP contribution >= 0.6 is 12.6 Å². The van der Waals surface area contributed by atoms with Crippen molar-refractivity contribution in [2.24, 2.45) is 0 Å². The highest BCUT2D eigenvalue weighted by atomic mass is 32.1. The molecule has 0 saturated carbocycles. The van der Waals surface area contributed by atoms with Gasteiger partial charge in [-0.05, 0) is 40.7 Å². The first-order valence-electron chi connectivity index (χ1n) is 4.86. The third kappa shape index (κ3) is 1.50. The molecule has 0 heterocycles. The number of thiol groups is 1. The largest absolute Gasteiger partial charge is 0.178 e. The van der Waals surface area contributed by atoms with Crippen molar-refractivity contribution in [1.29, 1.82) is 0 Å². The summed E-state index contributed by atoms with van der Waals surface area (Å²) in [7, 11) is 0. The van der Waals surface area contributed by atoms with Crippen molar-refractivity contribution in [1.82, 2.24) is 0 Å². The summed E-state index contributed by atoms with van der Waals surface area (Å²) in [6, 6.07) is 6.89. The van der Waals surface area contributed by atoms with Gasteiger partial charge in [0.1, 0.15) is 0 Å². The Balaban J connectivity index is 2.36. The molecule has 70 valence electrons. The zero-order valence-electron chi connectivity index (χ0n) is 8.30. The molecule has 0 saturated heterocycles. The van der Waals surface area contributed by atoms with Crippen LogP contribution < -0.4 is 0 Å². The van der Waals surface area contributed by atoms with E-state index in [0.717, 1.165) is 5.75 Å². The van der Waals surface area contributed by atoms with Crippen LogP contribution in [-0.4, -0.2) is 5.75 Å². The molecule has 0 atom stereocenters. The maximum atomic E-state index is 4.39. The van der Waals surface area contributed by atoms with Gasteiger partial charge in [0.05, 0.1) is 0 Å². The summed E-state index contributed by atoms with van der Waals surface area (Å²) in [5.41, 5.74) is 4.74. The zero-order chi connectivity index (χ0) is 9.47. The first-order chi connectivity index (χ1) is 6.13. The summed E-state index contributed by atoms with van der Waals surface area (Å²) in [4.78, 5) is 0. The molecule has 0 N–H and O–H groups in total. The van der Waals surface area contributed by atoms with Gasteiger partial charge >= 0.3 is 0 Å². The summed E-state index contributed by atoms with van der Waals surface area (Å²) < 4.78 is 0. The van der Waals surface area contributed by atoms with Crippen LogP contribution in [0.15, 0.2) is 18.2 Å². The van der Waals surface area contributed by atoms with Crippen molar-refractivity contribution in [2.75, 3.05) is 5.75 Å². The van der Waals surface area contributed by atoms with Crippen LogP contribution in [0.25, 0.3) is 0 Å². The number of hydrogen-bond donors (Lipinski definition) is 1. The molecule has 1 aromatic rings. The standard InChI is InChI=1S/C12H16S/c1-12(2,8-13)11-6-5-9-3-4-10(9)7-11/h5-7,13H,3-4,8H2,1-2H3. The molecule has 0 unspecified atom stereocenters. The molecular formula is C12H16S. The molecule has 1 aliphatic rings. The maximum absolute atomic E-state index is 4.39. The van der Waals surface area contributed by atoms with Gasteiger partial charge in [0.25, 0.3) is 0 Å². The monoisotopic (exact) mass is 192 g/mol. The van der Waals surface area contributed by atoms with E-state index in [1.54, 1.807) is 11.1 Å². The van der Waals surface area contributed by atoms with Crippen LogP contribution in [0.4, 0.5) is 0 Å². The number of benzene rings is 1. The minimum atomic E-state index is 0.216. The molecule has 0 amide bonds. The fraction of sp³-hybridized carbons (Fsp3) is 0.500. The van der Waals surface area contributed by atoms with Gasteiger partial charge in [-0.2, -0.15) is 12.6 Å². The van der Waals surface area contributed by atoms with E-state index in [1.807, 2.05) is 0 Å². The maximum Gasteiger partial charge on any atom is -0.000583 e. The Morgan fingerprint density at radius 3 is 2.38 bits per heavy atom. The van der Waals surface area contributed by atoms with E-state index >= 15 is 0 Å². The first-order valence-corrected chi connectivity index (χ1v) is 5.50. The molecule has 13 heavy (non-hydrogen) atoms. The van der Waals surface area contributed by atoms with Gasteiger partial charge in [-0.3, -0.25) is 0 Å². The van der Waals surface area contributed by atoms with Crippen LogP contribution in [0.1, 0.15) is 30.5 Å². The van der Waals surface area contributed by atoms with Gasteiger partial charge < -0.3 is 0 Å². The molecule has 1 aliphatic carbocycles. The second-order valence-corrected chi connectivity index (χ2v) is 4.84. The number of aryl methyl sites for hydroxylation is 2. The Labute approximate surface area is 85.8 Å². The quantitative estimate of drug-likeness (QED) is 0.684. The molecule has 2 rings (SSSR count). The summed E-state index contributed by atoms with van der Waals surface area (Å²) in [6.07, 6.45) is 2.54. The summed E-state index contributed by atoms with van der Waals surface area (Å²) >= 11 is 4.39. The molecule has 0 bridgehead atoms. The van der Waals surface area contributed by atoms with Crippen molar-refractivity contribution in [3.8, 4) is 0 Å². The van der Waals surface area contributed by atoms with Gasteiger partial charge in [-0.15, -0.1) is 0 Å². The van der Waals surface area contributed by atoms with Crippen LogP contribution in [0.5, 0.6) is 0 Å². The van der Waals surface area contributed by atoms with Gasteiger partial charge in [-0.25, -0.2) is 0 Å². The van der Waals surface area contributed by atoms with Crippen LogP contribution in [0.2, 0.25) is 0 Å². The second-order valence-electron chi connectivity index (χ2n) is 4.53. The smallest absolute Gasteiger partial charge is 0.000583 e. The molecular weight excluding hydrogens is 176 g/mol. The highest BCUT2D eigenvalue weighted by Crippen LogP contribution is 2.30. The second kappa shape index (κ2) is 3.06. The van der Waals surface area contributed by atoms with E-state index in [-0.39, 0.29) is 5.41 Å². The van der Waals surface area contributed by atoms with E-state index in [1.165, 1.54) is 18.4 Å². The molecule has 0 nitrogen and oxygen atoms in total. The highest BCUT2D eigenvalue weighted by molar-refractivity contribution is 7.80. The Morgan fingerprint density at radius 2 is 1.92 bits per heavy atom. The lowest BCUT2D eigenvalue weighted by molar-refractivity contribution is 0.600. The minimum absolute atomic E-state index is 0.216. The average Bonchev–Trinajstić information content (AvgIpc) is 2.07. The molecule has 0 radical (unpaired) electrons. The average molecular weight is 192 g/mol. The third-order valence-corrected chi connectivity index (χ3v) is 3.84. The van der Waals surface area contributed by atoms with Crippen molar-refractivity contribution >= 4 is 12.6 Å². The molecule has 0 fully saturated rings. The predicted molar refractivity (Wildman–Crippen MR) is 60.7 cm³/mol.